The van der Waals surface area contributed by atoms with E-state index in [2.05, 4.69) is 20.4 Å². The Morgan fingerprint density at radius 3 is 2.50 bits per heavy atom. The van der Waals surface area contributed by atoms with Crippen LogP contribution < -0.4 is 10.6 Å². The predicted octanol–water partition coefficient (Wildman–Crippen LogP) is 6.06. The molecule has 0 spiro atoms. The first-order chi connectivity index (χ1) is 18.3. The summed E-state index contributed by atoms with van der Waals surface area (Å²) in [7, 11) is 1.85. The summed E-state index contributed by atoms with van der Waals surface area (Å²) in [6, 6.07) is 18.4. The van der Waals surface area contributed by atoms with E-state index in [1.165, 1.54) is 12.1 Å². The van der Waals surface area contributed by atoms with Gasteiger partial charge >= 0.3 is 5.97 Å². The summed E-state index contributed by atoms with van der Waals surface area (Å²) in [5.41, 5.74) is 3.00. The van der Waals surface area contributed by atoms with E-state index >= 15 is 0 Å². The summed E-state index contributed by atoms with van der Waals surface area (Å²) >= 11 is 6.11. The average molecular weight is 536 g/mol. The van der Waals surface area contributed by atoms with Crippen LogP contribution in [0.5, 0.6) is 0 Å². The van der Waals surface area contributed by atoms with Crippen molar-refractivity contribution in [2.24, 2.45) is 7.05 Å². The van der Waals surface area contributed by atoms with Gasteiger partial charge in [0.15, 0.2) is 0 Å². The minimum Gasteiger partial charge on any atom is -0.466 e. The molecule has 0 saturated carbocycles. The maximum Gasteiger partial charge on any atom is 0.305 e. The number of nitrogens with zero attached hydrogens (tertiary/aromatic N) is 3. The monoisotopic (exact) mass is 535 g/mol. The number of aryl methyl sites for hydroxylation is 1. The van der Waals surface area contributed by atoms with Crippen LogP contribution in [-0.2, 0) is 23.1 Å². The molecule has 4 aromatic rings. The highest BCUT2D eigenvalue weighted by atomic mass is 35.5. The lowest BCUT2D eigenvalue weighted by atomic mass is 10.2. The lowest BCUT2D eigenvalue weighted by molar-refractivity contribution is -0.142. The van der Waals surface area contributed by atoms with E-state index < -0.39 is 5.82 Å². The van der Waals surface area contributed by atoms with Crippen molar-refractivity contribution >= 4 is 45.9 Å². The predicted molar refractivity (Wildman–Crippen MR) is 145 cm³/mol. The number of halogens is 2. The number of para-hydroxylation sites is 1. The summed E-state index contributed by atoms with van der Waals surface area (Å²) < 4.78 is 20.5. The van der Waals surface area contributed by atoms with Gasteiger partial charge in [-0.2, -0.15) is 5.26 Å². The zero-order valence-electron chi connectivity index (χ0n) is 21.2. The summed E-state index contributed by atoms with van der Waals surface area (Å²) in [5.74, 6) is -0.249. The highest BCUT2D eigenvalue weighted by molar-refractivity contribution is 6.33. The van der Waals surface area contributed by atoms with Gasteiger partial charge in [0.05, 0.1) is 52.2 Å². The number of carbonyl (C=O) groups is 2. The van der Waals surface area contributed by atoms with E-state index in [1.54, 1.807) is 56.3 Å². The Labute approximate surface area is 225 Å². The number of anilines is 2. The molecule has 0 unspecified atom stereocenters. The molecule has 3 aromatic carbocycles. The number of carbonyl (C=O) groups excluding carboxylic acids is 2. The van der Waals surface area contributed by atoms with Gasteiger partial charge in [-0.3, -0.25) is 9.59 Å². The number of hydrogen-bond donors (Lipinski definition) is 2. The van der Waals surface area contributed by atoms with Crippen molar-refractivity contribution in [3.05, 3.63) is 88.5 Å². The molecule has 0 fully saturated rings. The van der Waals surface area contributed by atoms with E-state index in [1.807, 2.05) is 23.8 Å². The molecule has 1 aromatic heterocycles. The number of nitrogens with one attached hydrogen (secondary N) is 2. The number of nitriles is 1. The lowest BCUT2D eigenvalue weighted by Gasteiger charge is -2.08. The molecular formula is C28H27ClFN5O3. The topological polar surface area (TPSA) is 109 Å². The fourth-order valence-corrected chi connectivity index (χ4v) is 3.65. The smallest absolute Gasteiger partial charge is 0.305 e. The first kappa shape index (κ1) is 28.2. The molecule has 1 heterocycles. The van der Waals surface area contributed by atoms with Gasteiger partial charge < -0.3 is 19.9 Å². The van der Waals surface area contributed by atoms with E-state index in [0.29, 0.717) is 40.6 Å². The maximum absolute atomic E-state index is 14.1. The molecule has 0 aliphatic carbocycles. The van der Waals surface area contributed by atoms with Gasteiger partial charge in [0.2, 0.25) is 0 Å². The van der Waals surface area contributed by atoms with Crippen molar-refractivity contribution in [3.63, 3.8) is 0 Å². The van der Waals surface area contributed by atoms with Crippen LogP contribution in [0.15, 0.2) is 60.7 Å². The summed E-state index contributed by atoms with van der Waals surface area (Å²) in [6.07, 6.45) is 0.480. The fraction of sp³-hybridized carbons (Fsp3) is 0.214. The van der Waals surface area contributed by atoms with Gasteiger partial charge in [0, 0.05) is 19.0 Å². The first-order valence-corrected chi connectivity index (χ1v) is 12.3. The van der Waals surface area contributed by atoms with Crippen molar-refractivity contribution in [3.8, 4) is 6.07 Å². The highest BCUT2D eigenvalue weighted by Crippen LogP contribution is 2.23. The molecule has 0 atom stereocenters. The van der Waals surface area contributed by atoms with Crippen LogP contribution in [0.1, 0.15) is 42.0 Å². The molecule has 4 rings (SSSR count). The zero-order chi connectivity index (χ0) is 27.7. The minimum absolute atomic E-state index is 0.123. The highest BCUT2D eigenvalue weighted by Gasteiger charge is 2.13. The molecule has 10 heteroatoms. The van der Waals surface area contributed by atoms with Gasteiger partial charge in [-0.05, 0) is 55.5 Å². The van der Waals surface area contributed by atoms with E-state index in [4.69, 9.17) is 16.9 Å². The van der Waals surface area contributed by atoms with Crippen LogP contribution in [0.25, 0.3) is 11.0 Å². The number of hydrogen-bond acceptors (Lipinski definition) is 6. The average Bonchev–Trinajstić information content (AvgIpc) is 3.24. The quantitative estimate of drug-likeness (QED) is 0.278. The number of ether oxygens (including phenoxy) is 1. The van der Waals surface area contributed by atoms with Crippen LogP contribution in [0, 0.1) is 17.1 Å². The van der Waals surface area contributed by atoms with Crippen molar-refractivity contribution in [2.45, 2.75) is 26.8 Å². The van der Waals surface area contributed by atoms with Gasteiger partial charge in [-0.15, -0.1) is 0 Å². The summed E-state index contributed by atoms with van der Waals surface area (Å²) in [4.78, 5) is 27.4. The number of esters is 1. The Hall–Kier alpha value is -4.42. The molecule has 0 aliphatic rings. The molecule has 2 N–H and O–H groups in total. The van der Waals surface area contributed by atoms with E-state index in [9.17, 15) is 14.0 Å². The molecule has 1 amide bonds. The molecule has 8 nitrogen and oxygen atoms in total. The number of amides is 1. The van der Waals surface area contributed by atoms with Crippen molar-refractivity contribution in [1.82, 2.24) is 9.55 Å². The Morgan fingerprint density at radius 1 is 1.11 bits per heavy atom. The molecule has 0 radical (unpaired) electrons. The first-order valence-electron chi connectivity index (χ1n) is 11.9. The van der Waals surface area contributed by atoms with Crippen LogP contribution >= 0.6 is 11.6 Å². The third-order valence-electron chi connectivity index (χ3n) is 5.49. The van der Waals surface area contributed by atoms with Gasteiger partial charge in [-0.25, -0.2) is 9.37 Å². The maximum atomic E-state index is 14.1. The second-order valence-electron chi connectivity index (χ2n) is 8.04. The molecular weight excluding hydrogens is 509 g/mol. The number of fused-ring (bicyclic) bond motifs is 1. The van der Waals surface area contributed by atoms with Gasteiger partial charge in [0.1, 0.15) is 11.6 Å². The van der Waals surface area contributed by atoms with Crippen LogP contribution in [0.3, 0.4) is 0 Å². The standard InChI is InChI=1S/C23H17ClFN5O.C5H10O2/c1-30-21-9-7-15(23(31)29-18-5-3-2-4-16(18)24)11-20(21)28-22(30)13-27-19-8-6-14(12-26)10-17(19)25;1-3-5(6)7-4-2/h2-11,27H,13H2,1H3,(H,29,31);3-4H2,1-2H3. The molecule has 38 heavy (non-hydrogen) atoms. The number of rotatable bonds is 7. The number of aromatic nitrogens is 2. The third kappa shape index (κ3) is 7.08. The van der Waals surface area contributed by atoms with Crippen LogP contribution in [-0.4, -0.2) is 28.0 Å². The third-order valence-corrected chi connectivity index (χ3v) is 5.82. The summed E-state index contributed by atoms with van der Waals surface area (Å²) in [6.45, 7) is 4.34. The van der Waals surface area contributed by atoms with Crippen molar-refractivity contribution in [2.75, 3.05) is 17.2 Å². The van der Waals surface area contributed by atoms with Gasteiger partial charge in [-0.1, -0.05) is 30.7 Å². The normalized spacial score (nSPS) is 10.2. The second kappa shape index (κ2) is 13.2. The second-order valence-corrected chi connectivity index (χ2v) is 8.45. The Kier molecular flexibility index (Phi) is 9.79. The summed E-state index contributed by atoms with van der Waals surface area (Å²) in [5, 5.41) is 15.1. The minimum atomic E-state index is -0.503. The Morgan fingerprint density at radius 2 is 1.87 bits per heavy atom. The number of imidazole rings is 1. The van der Waals surface area contributed by atoms with Crippen LogP contribution in [0.4, 0.5) is 15.8 Å². The molecule has 0 bridgehead atoms. The van der Waals surface area contributed by atoms with E-state index in [-0.39, 0.29) is 29.7 Å². The van der Waals surface area contributed by atoms with Crippen molar-refractivity contribution < 1.29 is 18.7 Å². The van der Waals surface area contributed by atoms with E-state index in [0.717, 1.165) is 5.52 Å². The Bertz CT molecular complexity index is 1500. The van der Waals surface area contributed by atoms with Crippen molar-refractivity contribution in [1.29, 1.82) is 5.26 Å². The zero-order valence-corrected chi connectivity index (χ0v) is 22.0. The SMILES string of the molecule is CCOC(=O)CC.Cn1c(CNc2ccc(C#N)cc2F)nc2cc(C(=O)Nc3ccccc3Cl)ccc21. The molecule has 0 saturated heterocycles. The fourth-order valence-electron chi connectivity index (χ4n) is 3.47. The molecule has 0 aliphatic heterocycles. The lowest BCUT2D eigenvalue weighted by Crippen LogP contribution is -2.12. The molecule has 196 valence electrons. The van der Waals surface area contributed by atoms with Crippen LogP contribution in [0.2, 0.25) is 5.02 Å². The Balaban J connectivity index is 0.000000505. The largest absolute Gasteiger partial charge is 0.466 e. The number of benzene rings is 3. The van der Waals surface area contributed by atoms with Gasteiger partial charge in [0.25, 0.3) is 5.91 Å².